The minimum Gasteiger partial charge on any atom is -0.507 e. The van der Waals surface area contributed by atoms with E-state index in [-0.39, 0.29) is 16.5 Å². The molecule has 4 aromatic rings. The van der Waals surface area contributed by atoms with E-state index in [4.69, 9.17) is 16.3 Å². The number of amides is 1. The zero-order chi connectivity index (χ0) is 26.6. The van der Waals surface area contributed by atoms with Gasteiger partial charge in [0.1, 0.15) is 11.5 Å². The molecular formula is C28H22ClN3O4S2. The first kappa shape index (κ1) is 26.0. The van der Waals surface area contributed by atoms with Gasteiger partial charge in [-0.3, -0.25) is 14.5 Å². The molecule has 192 valence electrons. The second-order valence-corrected chi connectivity index (χ2v) is 10.9. The molecule has 38 heavy (non-hydrogen) atoms. The molecule has 0 spiro atoms. The summed E-state index contributed by atoms with van der Waals surface area (Å²) in [6.45, 7) is 2.32. The van der Waals surface area contributed by atoms with Crippen molar-refractivity contribution in [3.8, 4) is 5.75 Å². The lowest BCUT2D eigenvalue weighted by atomic mass is 9.95. The van der Waals surface area contributed by atoms with Crippen LogP contribution in [0.15, 0.2) is 88.8 Å². The molecule has 0 bridgehead atoms. The number of hydrogen-bond donors (Lipinski definition) is 1. The molecule has 7 nitrogen and oxygen atoms in total. The predicted octanol–water partition coefficient (Wildman–Crippen LogP) is 6.51. The second-order valence-electron chi connectivity index (χ2n) is 8.31. The topological polar surface area (TPSA) is 92.6 Å². The van der Waals surface area contributed by atoms with Crippen molar-refractivity contribution in [2.45, 2.75) is 23.1 Å². The lowest BCUT2D eigenvalue weighted by Crippen LogP contribution is -2.29. The Balaban J connectivity index is 1.56. The molecule has 0 aliphatic carbocycles. The highest BCUT2D eigenvalue weighted by Crippen LogP contribution is 2.44. The monoisotopic (exact) mass is 563 g/mol. The number of Topliss-reactive ketones (excluding diaryl/α,β-unsaturated/α-hetero) is 1. The number of halogens is 1. The zero-order valence-electron chi connectivity index (χ0n) is 20.2. The predicted molar refractivity (Wildman–Crippen MR) is 150 cm³/mol. The van der Waals surface area contributed by atoms with Crippen LogP contribution in [0.2, 0.25) is 5.02 Å². The molecule has 1 fully saturated rings. The number of ether oxygens (including phenoxy) is 1. The number of thioether (sulfide) groups is 1. The molecule has 1 saturated heterocycles. The average Bonchev–Trinajstić information content (AvgIpc) is 3.50. The first-order valence-electron chi connectivity index (χ1n) is 11.8. The zero-order valence-corrected chi connectivity index (χ0v) is 22.6. The van der Waals surface area contributed by atoms with Crippen molar-refractivity contribution in [2.75, 3.05) is 11.5 Å². The Morgan fingerprint density at radius 1 is 1.05 bits per heavy atom. The second kappa shape index (κ2) is 11.4. The normalized spacial score (nSPS) is 16.7. The number of carbonyl (C=O) groups is 2. The third-order valence-corrected chi connectivity index (χ3v) is 8.23. The van der Waals surface area contributed by atoms with Crippen LogP contribution in [0.3, 0.4) is 0 Å². The minimum absolute atomic E-state index is 0.0420. The largest absolute Gasteiger partial charge is 0.507 e. The van der Waals surface area contributed by atoms with E-state index in [1.54, 1.807) is 48.5 Å². The van der Waals surface area contributed by atoms with E-state index in [9.17, 15) is 14.7 Å². The van der Waals surface area contributed by atoms with Crippen molar-refractivity contribution in [3.63, 3.8) is 0 Å². The third kappa shape index (κ3) is 5.31. The molecule has 1 atom stereocenters. The molecule has 5 rings (SSSR count). The van der Waals surface area contributed by atoms with E-state index in [0.717, 1.165) is 5.56 Å². The maximum absolute atomic E-state index is 13.4. The molecule has 0 saturated carbocycles. The SMILES string of the molecule is CCOc1cccc(C2C(=C(O)c3ccc(Cl)cc3)C(=O)C(=O)N2c2nnc(SCc3ccccc3)s2)c1. The van der Waals surface area contributed by atoms with Crippen molar-refractivity contribution in [1.82, 2.24) is 10.2 Å². The summed E-state index contributed by atoms with van der Waals surface area (Å²) in [5.74, 6) is -0.623. The Labute approximate surface area is 232 Å². The Bertz CT molecular complexity index is 1510. The van der Waals surface area contributed by atoms with Gasteiger partial charge in [-0.15, -0.1) is 10.2 Å². The van der Waals surface area contributed by atoms with Crippen LogP contribution >= 0.6 is 34.7 Å². The number of nitrogens with zero attached hydrogens (tertiary/aromatic N) is 3. The van der Waals surface area contributed by atoms with Crippen LogP contribution in [0.4, 0.5) is 5.13 Å². The number of aromatic nitrogens is 2. The van der Waals surface area contributed by atoms with Gasteiger partial charge in [-0.05, 0) is 54.4 Å². The summed E-state index contributed by atoms with van der Waals surface area (Å²) >= 11 is 8.73. The molecular weight excluding hydrogens is 542 g/mol. The Morgan fingerprint density at radius 3 is 2.55 bits per heavy atom. The van der Waals surface area contributed by atoms with Gasteiger partial charge < -0.3 is 9.84 Å². The maximum atomic E-state index is 13.4. The van der Waals surface area contributed by atoms with Crippen LogP contribution in [0.5, 0.6) is 5.75 Å². The summed E-state index contributed by atoms with van der Waals surface area (Å²) in [6.07, 6.45) is 0. The number of rotatable bonds is 8. The van der Waals surface area contributed by atoms with Gasteiger partial charge in [0.25, 0.3) is 5.78 Å². The van der Waals surface area contributed by atoms with Crippen LogP contribution in [-0.2, 0) is 15.3 Å². The van der Waals surface area contributed by atoms with Gasteiger partial charge >= 0.3 is 5.91 Å². The van der Waals surface area contributed by atoms with Crippen LogP contribution in [0, 0.1) is 0 Å². The van der Waals surface area contributed by atoms with Gasteiger partial charge in [0.05, 0.1) is 18.2 Å². The number of ketones is 1. The molecule has 1 aliphatic rings. The summed E-state index contributed by atoms with van der Waals surface area (Å²) in [4.78, 5) is 28.1. The Morgan fingerprint density at radius 2 is 1.82 bits per heavy atom. The highest BCUT2D eigenvalue weighted by atomic mass is 35.5. The van der Waals surface area contributed by atoms with Crippen LogP contribution in [0.1, 0.15) is 29.7 Å². The smallest absolute Gasteiger partial charge is 0.301 e. The van der Waals surface area contributed by atoms with Crippen molar-refractivity contribution < 1.29 is 19.4 Å². The van der Waals surface area contributed by atoms with Crippen LogP contribution < -0.4 is 9.64 Å². The summed E-state index contributed by atoms with van der Waals surface area (Å²) in [6, 6.07) is 22.6. The highest BCUT2D eigenvalue weighted by molar-refractivity contribution is 8.00. The molecule has 10 heteroatoms. The van der Waals surface area contributed by atoms with Crippen molar-refractivity contribution in [2.24, 2.45) is 0 Å². The van der Waals surface area contributed by atoms with Crippen molar-refractivity contribution >= 4 is 57.3 Å². The highest BCUT2D eigenvalue weighted by Gasteiger charge is 2.48. The standard InChI is InChI=1S/C28H22ClN3O4S2/c1-2-36-21-10-6-9-19(15-21)23-22(24(33)18-11-13-20(29)14-12-18)25(34)26(35)32(23)27-30-31-28(38-27)37-16-17-7-4-3-5-8-17/h3-15,23,33H,2,16H2,1H3. The molecule has 3 aromatic carbocycles. The van der Waals surface area contributed by atoms with Gasteiger partial charge in [-0.25, -0.2) is 0 Å². The molecule has 2 heterocycles. The van der Waals surface area contributed by atoms with E-state index in [1.807, 2.05) is 37.3 Å². The van der Waals surface area contributed by atoms with E-state index < -0.39 is 17.7 Å². The molecule has 1 N–H and O–H groups in total. The van der Waals surface area contributed by atoms with Gasteiger partial charge in [-0.1, -0.05) is 77.2 Å². The van der Waals surface area contributed by atoms with E-state index in [0.29, 0.717) is 38.6 Å². The summed E-state index contributed by atoms with van der Waals surface area (Å²) in [5.41, 5.74) is 2.05. The Hall–Kier alpha value is -3.66. The molecule has 0 radical (unpaired) electrons. The van der Waals surface area contributed by atoms with Gasteiger partial charge in [0, 0.05) is 16.3 Å². The minimum atomic E-state index is -0.925. The molecule has 1 amide bonds. The average molecular weight is 564 g/mol. The fraction of sp³-hybridized carbons (Fsp3) is 0.143. The van der Waals surface area contributed by atoms with Gasteiger partial charge in [0.2, 0.25) is 5.13 Å². The fourth-order valence-corrected chi connectivity index (χ4v) is 6.08. The van der Waals surface area contributed by atoms with Crippen LogP contribution in [0.25, 0.3) is 5.76 Å². The Kier molecular flexibility index (Phi) is 7.78. The number of anilines is 1. The first-order valence-corrected chi connectivity index (χ1v) is 13.9. The summed E-state index contributed by atoms with van der Waals surface area (Å²) in [7, 11) is 0. The van der Waals surface area contributed by atoms with E-state index >= 15 is 0 Å². The summed E-state index contributed by atoms with van der Waals surface area (Å²) < 4.78 is 6.32. The van der Waals surface area contributed by atoms with Crippen molar-refractivity contribution in [1.29, 1.82) is 0 Å². The van der Waals surface area contributed by atoms with Crippen molar-refractivity contribution in [3.05, 3.63) is 106 Å². The van der Waals surface area contributed by atoms with E-state index in [2.05, 4.69) is 10.2 Å². The molecule has 1 aliphatic heterocycles. The summed E-state index contributed by atoms with van der Waals surface area (Å²) in [5, 5.41) is 20.5. The van der Waals surface area contributed by atoms with Gasteiger partial charge in [-0.2, -0.15) is 0 Å². The fourth-order valence-electron chi connectivity index (χ4n) is 4.13. The lowest BCUT2D eigenvalue weighted by Gasteiger charge is -2.23. The quantitative estimate of drug-likeness (QED) is 0.0858. The number of hydrogen-bond acceptors (Lipinski definition) is 8. The number of aliphatic hydroxyl groups is 1. The maximum Gasteiger partial charge on any atom is 0.301 e. The van der Waals surface area contributed by atoms with Gasteiger partial charge in [0.15, 0.2) is 4.34 Å². The van der Waals surface area contributed by atoms with Crippen LogP contribution in [-0.4, -0.2) is 33.6 Å². The molecule has 1 aromatic heterocycles. The number of benzene rings is 3. The van der Waals surface area contributed by atoms with E-state index in [1.165, 1.54) is 28.0 Å². The first-order chi connectivity index (χ1) is 18.5. The third-order valence-electron chi connectivity index (χ3n) is 5.85. The number of aliphatic hydroxyl groups excluding tert-OH is 1. The number of carbonyl (C=O) groups excluding carboxylic acids is 2. The lowest BCUT2D eigenvalue weighted by molar-refractivity contribution is -0.132. The molecule has 1 unspecified atom stereocenters.